The van der Waals surface area contributed by atoms with E-state index in [2.05, 4.69) is 63.2 Å². The van der Waals surface area contributed by atoms with E-state index in [0.29, 0.717) is 0 Å². The van der Waals surface area contributed by atoms with Crippen LogP contribution in [0.25, 0.3) is 0 Å². The molecular weight excluding hydrogens is 276 g/mol. The first-order valence-electron chi connectivity index (χ1n) is 5.56. The molecule has 3 heteroatoms. The van der Waals surface area contributed by atoms with Gasteiger partial charge in [0.25, 0.3) is 0 Å². The Bertz CT molecular complexity index is 471. The molecule has 0 fully saturated rings. The Labute approximate surface area is 110 Å². The maximum Gasteiger partial charge on any atom is 0.132 e. The minimum atomic E-state index is 0.829. The van der Waals surface area contributed by atoms with Crippen molar-refractivity contribution < 1.29 is 0 Å². The van der Waals surface area contributed by atoms with Gasteiger partial charge in [-0.15, -0.1) is 0 Å². The topological polar surface area (TPSA) is 16.1 Å². The molecule has 0 aliphatic heterocycles. The van der Waals surface area contributed by atoms with Gasteiger partial charge in [0.05, 0.1) is 0 Å². The zero-order valence-corrected chi connectivity index (χ0v) is 11.4. The molecule has 0 saturated heterocycles. The number of halogens is 1. The van der Waals surface area contributed by atoms with Crippen molar-refractivity contribution in [3.8, 4) is 0 Å². The predicted octanol–water partition coefficient (Wildman–Crippen LogP) is 3.61. The second kappa shape index (κ2) is 5.82. The minimum absolute atomic E-state index is 0.829. The molecule has 1 aromatic heterocycles. The van der Waals surface area contributed by atoms with Crippen LogP contribution in [0.15, 0.2) is 48.7 Å². The molecule has 0 aliphatic carbocycles. The van der Waals surface area contributed by atoms with Crippen LogP contribution in [0.4, 0.5) is 5.82 Å². The molecule has 88 valence electrons. The lowest BCUT2D eigenvalue weighted by Crippen LogP contribution is -2.19. The number of aromatic nitrogens is 1. The second-order valence-electron chi connectivity index (χ2n) is 3.96. The van der Waals surface area contributed by atoms with Crippen LogP contribution in [0.1, 0.15) is 11.1 Å². The van der Waals surface area contributed by atoms with Gasteiger partial charge in [0.2, 0.25) is 0 Å². The van der Waals surface area contributed by atoms with Crippen LogP contribution in [-0.4, -0.2) is 12.0 Å². The van der Waals surface area contributed by atoms with Gasteiger partial charge in [0.1, 0.15) is 5.82 Å². The third-order valence-electron chi connectivity index (χ3n) is 2.64. The lowest BCUT2D eigenvalue weighted by Gasteiger charge is -2.20. The minimum Gasteiger partial charge on any atom is -0.355 e. The van der Waals surface area contributed by atoms with Gasteiger partial charge in [-0.05, 0) is 11.6 Å². The standard InChI is InChI=1S/C14H15BrN2/c1-17(11-12-6-3-2-4-7-12)14-13(10-15)8-5-9-16-14/h2-9H,10-11H2,1H3. The molecule has 0 saturated carbocycles. The van der Waals surface area contributed by atoms with E-state index in [1.54, 1.807) is 0 Å². The second-order valence-corrected chi connectivity index (χ2v) is 4.52. The maximum atomic E-state index is 4.44. The van der Waals surface area contributed by atoms with E-state index in [9.17, 15) is 0 Å². The third kappa shape index (κ3) is 3.07. The van der Waals surface area contributed by atoms with Gasteiger partial charge < -0.3 is 4.90 Å². The fraction of sp³-hybridized carbons (Fsp3) is 0.214. The highest BCUT2D eigenvalue weighted by Crippen LogP contribution is 2.20. The summed E-state index contributed by atoms with van der Waals surface area (Å²) in [5, 5.41) is 0.829. The van der Waals surface area contributed by atoms with E-state index in [1.807, 2.05) is 18.3 Å². The van der Waals surface area contributed by atoms with Crippen molar-refractivity contribution in [3.63, 3.8) is 0 Å². The van der Waals surface area contributed by atoms with Gasteiger partial charge in [0.15, 0.2) is 0 Å². The molecule has 0 radical (unpaired) electrons. The fourth-order valence-corrected chi connectivity index (χ4v) is 2.25. The molecule has 0 atom stereocenters. The van der Waals surface area contributed by atoms with Gasteiger partial charge >= 0.3 is 0 Å². The summed E-state index contributed by atoms with van der Waals surface area (Å²) in [6, 6.07) is 14.5. The summed E-state index contributed by atoms with van der Waals surface area (Å²) in [6.45, 7) is 0.873. The summed E-state index contributed by atoms with van der Waals surface area (Å²) in [7, 11) is 2.07. The van der Waals surface area contributed by atoms with Crippen molar-refractivity contribution in [1.82, 2.24) is 4.98 Å². The van der Waals surface area contributed by atoms with Gasteiger partial charge in [-0.1, -0.05) is 52.3 Å². The molecule has 0 amide bonds. The largest absolute Gasteiger partial charge is 0.355 e. The zero-order chi connectivity index (χ0) is 12.1. The zero-order valence-electron chi connectivity index (χ0n) is 9.81. The van der Waals surface area contributed by atoms with E-state index in [0.717, 1.165) is 17.7 Å². The molecule has 0 unspecified atom stereocenters. The summed E-state index contributed by atoms with van der Waals surface area (Å²) in [5.74, 6) is 1.04. The molecule has 0 bridgehead atoms. The number of hydrogen-bond acceptors (Lipinski definition) is 2. The van der Waals surface area contributed by atoms with Crippen LogP contribution < -0.4 is 4.90 Å². The van der Waals surface area contributed by atoms with Gasteiger partial charge in [-0.25, -0.2) is 4.98 Å². The summed E-state index contributed by atoms with van der Waals surface area (Å²) in [5.41, 5.74) is 2.51. The number of anilines is 1. The predicted molar refractivity (Wildman–Crippen MR) is 75.4 cm³/mol. The molecule has 2 rings (SSSR count). The average Bonchev–Trinajstić information content (AvgIpc) is 2.40. The number of pyridine rings is 1. The summed E-state index contributed by atoms with van der Waals surface area (Å²) in [6.07, 6.45) is 1.84. The first-order valence-corrected chi connectivity index (χ1v) is 6.68. The quantitative estimate of drug-likeness (QED) is 0.800. The molecule has 0 spiro atoms. The smallest absolute Gasteiger partial charge is 0.132 e. The monoisotopic (exact) mass is 290 g/mol. The molecule has 0 N–H and O–H groups in total. The first-order chi connectivity index (χ1) is 8.31. The fourth-order valence-electron chi connectivity index (χ4n) is 1.81. The Morgan fingerprint density at radius 3 is 2.59 bits per heavy atom. The van der Waals surface area contributed by atoms with Crippen LogP contribution >= 0.6 is 15.9 Å². The third-order valence-corrected chi connectivity index (χ3v) is 3.24. The normalized spacial score (nSPS) is 10.2. The lowest BCUT2D eigenvalue weighted by molar-refractivity contribution is 0.890. The van der Waals surface area contributed by atoms with E-state index in [-0.39, 0.29) is 0 Å². The number of hydrogen-bond donors (Lipinski definition) is 0. The number of rotatable bonds is 4. The molecular formula is C14H15BrN2. The van der Waals surface area contributed by atoms with Crippen LogP contribution in [-0.2, 0) is 11.9 Å². The van der Waals surface area contributed by atoms with Crippen LogP contribution in [0, 0.1) is 0 Å². The maximum absolute atomic E-state index is 4.44. The van der Waals surface area contributed by atoms with Crippen LogP contribution in [0.3, 0.4) is 0 Å². The van der Waals surface area contributed by atoms with Gasteiger partial charge in [0, 0.05) is 30.7 Å². The van der Waals surface area contributed by atoms with Crippen molar-refractivity contribution in [2.45, 2.75) is 11.9 Å². The average molecular weight is 291 g/mol. The van der Waals surface area contributed by atoms with Crippen molar-refractivity contribution in [1.29, 1.82) is 0 Å². The Morgan fingerprint density at radius 2 is 1.88 bits per heavy atom. The highest BCUT2D eigenvalue weighted by molar-refractivity contribution is 9.08. The summed E-state index contributed by atoms with van der Waals surface area (Å²) in [4.78, 5) is 6.61. The Balaban J connectivity index is 2.17. The van der Waals surface area contributed by atoms with E-state index < -0.39 is 0 Å². The summed E-state index contributed by atoms with van der Waals surface area (Å²) < 4.78 is 0. The van der Waals surface area contributed by atoms with Gasteiger partial charge in [-0.2, -0.15) is 0 Å². The van der Waals surface area contributed by atoms with Crippen molar-refractivity contribution >= 4 is 21.7 Å². The Hall–Kier alpha value is -1.35. The number of benzene rings is 1. The molecule has 1 aromatic carbocycles. The first kappa shape index (κ1) is 12.1. The molecule has 1 heterocycles. The molecule has 17 heavy (non-hydrogen) atoms. The molecule has 2 aromatic rings. The highest BCUT2D eigenvalue weighted by Gasteiger charge is 2.07. The van der Waals surface area contributed by atoms with E-state index in [1.165, 1.54) is 11.1 Å². The SMILES string of the molecule is CN(Cc1ccccc1)c1ncccc1CBr. The number of alkyl halides is 1. The van der Waals surface area contributed by atoms with Crippen molar-refractivity contribution in [2.75, 3.05) is 11.9 Å². The number of nitrogens with zero attached hydrogens (tertiary/aromatic N) is 2. The van der Waals surface area contributed by atoms with Crippen molar-refractivity contribution in [2.24, 2.45) is 0 Å². The Kier molecular flexibility index (Phi) is 4.15. The van der Waals surface area contributed by atoms with Gasteiger partial charge in [-0.3, -0.25) is 0 Å². The van der Waals surface area contributed by atoms with Crippen LogP contribution in [0.2, 0.25) is 0 Å². The van der Waals surface area contributed by atoms with Crippen molar-refractivity contribution in [3.05, 3.63) is 59.8 Å². The Morgan fingerprint density at radius 1 is 1.12 bits per heavy atom. The molecule has 0 aliphatic rings. The summed E-state index contributed by atoms with van der Waals surface area (Å²) >= 11 is 3.50. The highest BCUT2D eigenvalue weighted by atomic mass is 79.9. The van der Waals surface area contributed by atoms with E-state index >= 15 is 0 Å². The molecule has 2 nitrogen and oxygen atoms in total. The van der Waals surface area contributed by atoms with E-state index in [4.69, 9.17) is 0 Å². The lowest BCUT2D eigenvalue weighted by atomic mass is 10.2. The van der Waals surface area contributed by atoms with Crippen LogP contribution in [0.5, 0.6) is 0 Å².